The third-order valence-corrected chi connectivity index (χ3v) is 3.52. The first-order valence-corrected chi connectivity index (χ1v) is 7.00. The molecule has 1 amide bonds. The fourth-order valence-electron chi connectivity index (χ4n) is 2.34. The summed E-state index contributed by atoms with van der Waals surface area (Å²) in [5, 5.41) is 9.50. The third kappa shape index (κ3) is 3.75. The molecule has 1 fully saturated rings. The zero-order chi connectivity index (χ0) is 15.2. The van der Waals surface area contributed by atoms with Crippen molar-refractivity contribution in [2.75, 3.05) is 26.7 Å². The number of aliphatic hydroxyl groups excluding tert-OH is 1. The molecule has 0 bridgehead atoms. The van der Waals surface area contributed by atoms with Crippen LogP contribution in [0.3, 0.4) is 0 Å². The summed E-state index contributed by atoms with van der Waals surface area (Å²) in [5.74, 6) is 6.27. The number of methoxy groups -OCH3 is 1. The lowest BCUT2D eigenvalue weighted by Crippen LogP contribution is -2.40. The largest absolute Gasteiger partial charge is 0.495 e. The lowest BCUT2D eigenvalue weighted by atomic mass is 10.0. The Morgan fingerprint density at radius 2 is 2.19 bits per heavy atom. The van der Waals surface area contributed by atoms with E-state index in [4.69, 9.17) is 10.5 Å². The maximum Gasteiger partial charge on any atom is 0.253 e. The number of carbonyl (C=O) groups is 1. The van der Waals surface area contributed by atoms with E-state index in [0.29, 0.717) is 42.8 Å². The van der Waals surface area contributed by atoms with Gasteiger partial charge in [-0.3, -0.25) is 4.79 Å². The number of aliphatic hydroxyl groups is 1. The SMILES string of the molecule is COc1ccc(C(=O)N2CCC(O)CC2)cc1C#CCN. The van der Waals surface area contributed by atoms with Gasteiger partial charge in [0.1, 0.15) is 5.75 Å². The second-order valence-corrected chi connectivity index (χ2v) is 4.94. The Morgan fingerprint density at radius 1 is 1.48 bits per heavy atom. The predicted molar refractivity (Wildman–Crippen MR) is 80.1 cm³/mol. The first-order chi connectivity index (χ1) is 10.2. The van der Waals surface area contributed by atoms with Crippen LogP contribution in [-0.4, -0.2) is 48.8 Å². The van der Waals surface area contributed by atoms with Crippen LogP contribution in [0.15, 0.2) is 18.2 Å². The van der Waals surface area contributed by atoms with Gasteiger partial charge in [0.25, 0.3) is 5.91 Å². The van der Waals surface area contributed by atoms with E-state index in [1.165, 1.54) is 0 Å². The van der Waals surface area contributed by atoms with Crippen LogP contribution in [0, 0.1) is 11.8 Å². The number of nitrogens with zero attached hydrogens (tertiary/aromatic N) is 1. The lowest BCUT2D eigenvalue weighted by molar-refractivity contribution is 0.0546. The van der Waals surface area contributed by atoms with E-state index in [-0.39, 0.29) is 18.6 Å². The highest BCUT2D eigenvalue weighted by atomic mass is 16.5. The fourth-order valence-corrected chi connectivity index (χ4v) is 2.34. The van der Waals surface area contributed by atoms with Crippen molar-refractivity contribution in [1.82, 2.24) is 4.90 Å². The van der Waals surface area contributed by atoms with Gasteiger partial charge in [0.05, 0.1) is 25.3 Å². The first-order valence-electron chi connectivity index (χ1n) is 7.00. The van der Waals surface area contributed by atoms with Crippen molar-refractivity contribution < 1.29 is 14.6 Å². The van der Waals surface area contributed by atoms with Gasteiger partial charge in [-0.25, -0.2) is 0 Å². The second-order valence-electron chi connectivity index (χ2n) is 4.94. The molecule has 1 aliphatic heterocycles. The molecule has 5 nitrogen and oxygen atoms in total. The lowest BCUT2D eigenvalue weighted by Gasteiger charge is -2.29. The zero-order valence-corrected chi connectivity index (χ0v) is 12.1. The van der Waals surface area contributed by atoms with Gasteiger partial charge in [-0.1, -0.05) is 11.8 Å². The Morgan fingerprint density at radius 3 is 2.81 bits per heavy atom. The van der Waals surface area contributed by atoms with Gasteiger partial charge in [-0.05, 0) is 31.0 Å². The van der Waals surface area contributed by atoms with Crippen LogP contribution in [0.5, 0.6) is 5.75 Å². The zero-order valence-electron chi connectivity index (χ0n) is 12.1. The summed E-state index contributed by atoms with van der Waals surface area (Å²) in [6.45, 7) is 1.41. The van der Waals surface area contributed by atoms with Gasteiger partial charge in [-0.2, -0.15) is 0 Å². The number of ether oxygens (including phenoxy) is 1. The van der Waals surface area contributed by atoms with Crippen LogP contribution in [-0.2, 0) is 0 Å². The summed E-state index contributed by atoms with van der Waals surface area (Å²) in [6, 6.07) is 5.21. The molecule has 21 heavy (non-hydrogen) atoms. The fraction of sp³-hybridized carbons (Fsp3) is 0.438. The molecule has 112 valence electrons. The Hall–Kier alpha value is -2.03. The summed E-state index contributed by atoms with van der Waals surface area (Å²) < 4.78 is 5.24. The van der Waals surface area contributed by atoms with Crippen LogP contribution in [0.25, 0.3) is 0 Å². The minimum Gasteiger partial charge on any atom is -0.495 e. The number of hydrogen-bond acceptors (Lipinski definition) is 4. The molecule has 0 unspecified atom stereocenters. The summed E-state index contributed by atoms with van der Waals surface area (Å²) in [4.78, 5) is 14.2. The number of rotatable bonds is 2. The van der Waals surface area contributed by atoms with Crippen LogP contribution >= 0.6 is 0 Å². The molecule has 2 rings (SSSR count). The molecule has 0 aromatic heterocycles. The van der Waals surface area contributed by atoms with Crippen LogP contribution < -0.4 is 10.5 Å². The highest BCUT2D eigenvalue weighted by Gasteiger charge is 2.22. The van der Waals surface area contributed by atoms with Gasteiger partial charge in [0.15, 0.2) is 0 Å². The van der Waals surface area contributed by atoms with E-state index < -0.39 is 0 Å². The molecule has 0 spiro atoms. The number of benzene rings is 1. The monoisotopic (exact) mass is 288 g/mol. The van der Waals surface area contributed by atoms with E-state index in [9.17, 15) is 9.90 Å². The van der Waals surface area contributed by atoms with Crippen LogP contribution in [0.4, 0.5) is 0 Å². The molecule has 1 aromatic carbocycles. The summed E-state index contributed by atoms with van der Waals surface area (Å²) in [6.07, 6.45) is 0.958. The molecular weight excluding hydrogens is 268 g/mol. The maximum absolute atomic E-state index is 12.5. The van der Waals surface area contributed by atoms with Crippen molar-refractivity contribution in [1.29, 1.82) is 0 Å². The molecule has 1 aliphatic rings. The third-order valence-electron chi connectivity index (χ3n) is 3.52. The molecule has 5 heteroatoms. The van der Waals surface area contributed by atoms with Gasteiger partial charge in [0.2, 0.25) is 0 Å². The standard InChI is InChI=1S/C16H20N2O3/c1-21-15-5-4-13(11-12(15)3-2-8-17)16(20)18-9-6-14(19)7-10-18/h4-5,11,14,19H,6-10,17H2,1H3. The van der Waals surface area contributed by atoms with Crippen molar-refractivity contribution in [3.05, 3.63) is 29.3 Å². The smallest absolute Gasteiger partial charge is 0.253 e. The van der Waals surface area contributed by atoms with Crippen molar-refractivity contribution in [3.63, 3.8) is 0 Å². The molecule has 3 N–H and O–H groups in total. The van der Waals surface area contributed by atoms with E-state index >= 15 is 0 Å². The van der Waals surface area contributed by atoms with Crippen molar-refractivity contribution in [3.8, 4) is 17.6 Å². The molecule has 0 saturated carbocycles. The van der Waals surface area contributed by atoms with Gasteiger partial charge in [0, 0.05) is 18.7 Å². The Kier molecular flexibility index (Phi) is 5.20. The average Bonchev–Trinajstić information content (AvgIpc) is 2.52. The molecule has 0 atom stereocenters. The molecule has 1 heterocycles. The summed E-state index contributed by atoms with van der Waals surface area (Å²) in [7, 11) is 1.57. The first kappa shape index (κ1) is 15.4. The second kappa shape index (κ2) is 7.11. The highest BCUT2D eigenvalue weighted by molar-refractivity contribution is 5.95. The van der Waals surface area contributed by atoms with Crippen molar-refractivity contribution >= 4 is 5.91 Å². The molecular formula is C16H20N2O3. The minimum atomic E-state index is -0.295. The Balaban J connectivity index is 2.21. The van der Waals surface area contributed by atoms with Crippen LogP contribution in [0.1, 0.15) is 28.8 Å². The molecule has 0 aliphatic carbocycles. The molecule has 0 radical (unpaired) electrons. The average molecular weight is 288 g/mol. The van der Waals surface area contributed by atoms with Crippen molar-refractivity contribution in [2.24, 2.45) is 5.73 Å². The maximum atomic E-state index is 12.5. The number of likely N-dealkylation sites (tertiary alicyclic amines) is 1. The quantitative estimate of drug-likeness (QED) is 0.782. The molecule has 1 saturated heterocycles. The topological polar surface area (TPSA) is 75.8 Å². The Bertz CT molecular complexity index is 567. The van der Waals surface area contributed by atoms with E-state index in [1.807, 2.05) is 0 Å². The minimum absolute atomic E-state index is 0.0413. The highest BCUT2D eigenvalue weighted by Crippen LogP contribution is 2.21. The predicted octanol–water partition coefficient (Wildman–Crippen LogP) is 0.602. The number of hydrogen-bond donors (Lipinski definition) is 2. The van der Waals surface area contributed by atoms with E-state index in [2.05, 4.69) is 11.8 Å². The molecule has 1 aromatic rings. The number of carbonyl (C=O) groups excluding carboxylic acids is 1. The van der Waals surface area contributed by atoms with Gasteiger partial charge in [-0.15, -0.1) is 0 Å². The van der Waals surface area contributed by atoms with Crippen molar-refractivity contribution in [2.45, 2.75) is 18.9 Å². The number of piperidine rings is 1. The van der Waals surface area contributed by atoms with E-state index in [1.54, 1.807) is 30.2 Å². The number of nitrogens with two attached hydrogens (primary N) is 1. The van der Waals surface area contributed by atoms with E-state index in [0.717, 1.165) is 0 Å². The summed E-state index contributed by atoms with van der Waals surface area (Å²) >= 11 is 0. The van der Waals surface area contributed by atoms with Gasteiger partial charge < -0.3 is 20.5 Å². The summed E-state index contributed by atoms with van der Waals surface area (Å²) in [5.41, 5.74) is 6.62. The Labute approximate surface area is 124 Å². The van der Waals surface area contributed by atoms with Gasteiger partial charge >= 0.3 is 0 Å². The van der Waals surface area contributed by atoms with Crippen LogP contribution in [0.2, 0.25) is 0 Å². The number of amides is 1. The normalized spacial score (nSPS) is 15.3.